The first-order valence-electron chi connectivity index (χ1n) is 6.63. The third-order valence-corrected chi connectivity index (χ3v) is 3.57. The van der Waals surface area contributed by atoms with Gasteiger partial charge in [0.15, 0.2) is 0 Å². The molecule has 2 rings (SSSR count). The van der Waals surface area contributed by atoms with Crippen LogP contribution in [0, 0.1) is 5.41 Å². The number of hydrogen-bond acceptors (Lipinski definition) is 4. The Morgan fingerprint density at radius 2 is 2.16 bits per heavy atom. The summed E-state index contributed by atoms with van der Waals surface area (Å²) in [4.78, 5) is 23.9. The highest BCUT2D eigenvalue weighted by Gasteiger charge is 2.29. The molecular weight excluding hydrogens is 246 g/mol. The molecule has 0 aromatic carbocycles. The number of fused-ring (bicyclic) bond motifs is 1. The molecule has 0 aliphatic carbocycles. The Hall–Kier alpha value is -1.63. The van der Waals surface area contributed by atoms with Gasteiger partial charge in [0, 0.05) is 13.0 Å². The second-order valence-corrected chi connectivity index (χ2v) is 5.68. The molecule has 0 saturated heterocycles. The molecule has 1 aliphatic heterocycles. The van der Waals surface area contributed by atoms with Gasteiger partial charge >= 0.3 is 5.69 Å². The van der Waals surface area contributed by atoms with Crippen molar-refractivity contribution >= 4 is 5.91 Å². The van der Waals surface area contributed by atoms with Crippen molar-refractivity contribution in [3.05, 3.63) is 16.3 Å². The maximum atomic E-state index is 12.3. The molecule has 0 spiro atoms. The smallest absolute Gasteiger partial charge is 0.294 e. The number of hydrazine groups is 1. The Morgan fingerprint density at radius 3 is 2.84 bits per heavy atom. The highest BCUT2D eigenvalue weighted by atomic mass is 16.2. The molecule has 19 heavy (non-hydrogen) atoms. The second kappa shape index (κ2) is 5.16. The largest absolute Gasteiger partial charge is 0.345 e. The molecule has 0 unspecified atom stereocenters. The third kappa shape index (κ3) is 2.70. The average molecular weight is 267 g/mol. The van der Waals surface area contributed by atoms with Crippen molar-refractivity contribution in [2.24, 2.45) is 11.3 Å². The van der Waals surface area contributed by atoms with Gasteiger partial charge in [0.05, 0.1) is 12.0 Å². The van der Waals surface area contributed by atoms with E-state index in [1.54, 1.807) is 18.4 Å². The number of nitrogens with one attached hydrogen (secondary N) is 1. The van der Waals surface area contributed by atoms with E-state index in [-0.39, 0.29) is 18.1 Å². The molecular formula is C12H21N5O2. The van der Waals surface area contributed by atoms with E-state index in [4.69, 9.17) is 5.84 Å². The predicted molar refractivity (Wildman–Crippen MR) is 70.2 cm³/mol. The van der Waals surface area contributed by atoms with Crippen molar-refractivity contribution in [1.82, 2.24) is 19.8 Å². The molecule has 0 radical (unpaired) electrons. The Kier molecular flexibility index (Phi) is 3.75. The van der Waals surface area contributed by atoms with Crippen LogP contribution >= 0.6 is 0 Å². The van der Waals surface area contributed by atoms with Crippen molar-refractivity contribution in [2.75, 3.05) is 0 Å². The maximum Gasteiger partial charge on any atom is 0.345 e. The van der Waals surface area contributed by atoms with E-state index >= 15 is 0 Å². The van der Waals surface area contributed by atoms with Gasteiger partial charge in [0.1, 0.15) is 5.82 Å². The summed E-state index contributed by atoms with van der Waals surface area (Å²) in [6.45, 7) is 4.44. The van der Waals surface area contributed by atoms with Crippen LogP contribution in [0.3, 0.4) is 0 Å². The molecule has 1 aromatic heterocycles. The van der Waals surface area contributed by atoms with E-state index in [2.05, 4.69) is 10.5 Å². The van der Waals surface area contributed by atoms with E-state index in [1.807, 2.05) is 0 Å². The molecule has 7 heteroatoms. The van der Waals surface area contributed by atoms with Crippen molar-refractivity contribution < 1.29 is 4.79 Å². The molecule has 1 aromatic rings. The zero-order chi connectivity index (χ0) is 14.0. The van der Waals surface area contributed by atoms with E-state index in [0.29, 0.717) is 0 Å². The predicted octanol–water partition coefficient (Wildman–Crippen LogP) is -0.213. The number of aromatic nitrogens is 3. The van der Waals surface area contributed by atoms with Crippen molar-refractivity contribution in [3.8, 4) is 0 Å². The first kappa shape index (κ1) is 13.8. The summed E-state index contributed by atoms with van der Waals surface area (Å²) in [6, 6.07) is 0. The molecule has 3 N–H and O–H groups in total. The fraction of sp³-hybridized carbons (Fsp3) is 0.750. The summed E-state index contributed by atoms with van der Waals surface area (Å²) in [5.74, 6) is 5.68. The molecule has 1 aliphatic rings. The molecule has 0 bridgehead atoms. The third-order valence-electron chi connectivity index (χ3n) is 3.57. The van der Waals surface area contributed by atoms with Gasteiger partial charge < -0.3 is 0 Å². The lowest BCUT2D eigenvalue weighted by atomic mass is 9.93. The minimum Gasteiger partial charge on any atom is -0.294 e. The Morgan fingerprint density at radius 1 is 1.42 bits per heavy atom. The quantitative estimate of drug-likeness (QED) is 0.450. The monoisotopic (exact) mass is 267 g/mol. The number of carbonyl (C=O) groups excluding carboxylic acids is 1. The molecule has 7 nitrogen and oxygen atoms in total. The molecule has 1 amide bonds. The normalized spacial score (nSPS) is 15.7. The molecule has 0 fully saturated rings. The molecule has 0 atom stereocenters. The van der Waals surface area contributed by atoms with Crippen LogP contribution in [0.2, 0.25) is 0 Å². The Labute approximate surface area is 111 Å². The minimum absolute atomic E-state index is 0.130. The van der Waals surface area contributed by atoms with Gasteiger partial charge in [-0.1, -0.05) is 6.42 Å². The summed E-state index contributed by atoms with van der Waals surface area (Å²) in [5, 5.41) is 4.36. The van der Waals surface area contributed by atoms with Gasteiger partial charge in [-0.3, -0.25) is 14.8 Å². The summed E-state index contributed by atoms with van der Waals surface area (Å²) in [5.41, 5.74) is 1.23. The number of nitrogens with zero attached hydrogens (tertiary/aromatic N) is 3. The van der Waals surface area contributed by atoms with Gasteiger partial charge in [-0.2, -0.15) is 5.10 Å². The fourth-order valence-corrected chi connectivity index (χ4v) is 2.37. The number of rotatable bonds is 3. The van der Waals surface area contributed by atoms with E-state index in [1.165, 1.54) is 4.68 Å². The zero-order valence-corrected chi connectivity index (χ0v) is 11.5. The van der Waals surface area contributed by atoms with Crippen LogP contribution in [0.15, 0.2) is 4.79 Å². The lowest BCUT2D eigenvalue weighted by Crippen LogP contribution is -2.44. The summed E-state index contributed by atoms with van der Waals surface area (Å²) < 4.78 is 3.11. The number of amides is 1. The van der Waals surface area contributed by atoms with E-state index in [0.717, 1.165) is 38.1 Å². The first-order valence-corrected chi connectivity index (χ1v) is 6.63. The van der Waals surface area contributed by atoms with Crippen LogP contribution in [-0.4, -0.2) is 20.3 Å². The first-order chi connectivity index (χ1) is 8.95. The van der Waals surface area contributed by atoms with Crippen molar-refractivity contribution in [1.29, 1.82) is 0 Å². The lowest BCUT2D eigenvalue weighted by Gasteiger charge is -2.21. The van der Waals surface area contributed by atoms with Crippen molar-refractivity contribution in [3.63, 3.8) is 0 Å². The summed E-state index contributed by atoms with van der Waals surface area (Å²) in [7, 11) is 0. The molecule has 2 heterocycles. The topological polar surface area (TPSA) is 94.9 Å². The Bertz CT molecular complexity index is 529. The summed E-state index contributed by atoms with van der Waals surface area (Å²) in [6.07, 6.45) is 4.02. The summed E-state index contributed by atoms with van der Waals surface area (Å²) >= 11 is 0. The standard InChI is InChI=1S/C12H21N5O2/c1-12(2,10(18)14-13)8-17-11(19)16-7-5-3-4-6-9(16)15-17/h3-8,13H2,1-2H3,(H,14,18). The zero-order valence-electron chi connectivity index (χ0n) is 11.5. The van der Waals surface area contributed by atoms with E-state index in [9.17, 15) is 9.59 Å². The van der Waals surface area contributed by atoms with Crippen LogP contribution in [0.5, 0.6) is 0 Å². The highest BCUT2D eigenvalue weighted by molar-refractivity contribution is 5.81. The van der Waals surface area contributed by atoms with Crippen molar-refractivity contribution in [2.45, 2.75) is 52.6 Å². The van der Waals surface area contributed by atoms with Crippen LogP contribution < -0.4 is 17.0 Å². The van der Waals surface area contributed by atoms with Gasteiger partial charge in [0.2, 0.25) is 5.91 Å². The second-order valence-electron chi connectivity index (χ2n) is 5.68. The molecule has 106 valence electrons. The number of carbonyl (C=O) groups is 1. The van der Waals surface area contributed by atoms with Crippen LogP contribution in [-0.2, 0) is 24.3 Å². The Balaban J connectivity index is 2.27. The maximum absolute atomic E-state index is 12.3. The van der Waals surface area contributed by atoms with Gasteiger partial charge in [-0.05, 0) is 26.7 Å². The van der Waals surface area contributed by atoms with Crippen LogP contribution in [0.25, 0.3) is 0 Å². The number of aryl methyl sites for hydroxylation is 1. The fourth-order valence-electron chi connectivity index (χ4n) is 2.37. The highest BCUT2D eigenvalue weighted by Crippen LogP contribution is 2.17. The van der Waals surface area contributed by atoms with Gasteiger partial charge in [-0.25, -0.2) is 15.3 Å². The number of nitrogens with two attached hydrogens (primary N) is 1. The van der Waals surface area contributed by atoms with Crippen LogP contribution in [0.4, 0.5) is 0 Å². The minimum atomic E-state index is -0.765. The number of hydrogen-bond donors (Lipinski definition) is 2. The molecule has 0 saturated carbocycles. The van der Waals surface area contributed by atoms with Crippen LogP contribution in [0.1, 0.15) is 38.9 Å². The van der Waals surface area contributed by atoms with Gasteiger partial charge in [0.25, 0.3) is 0 Å². The SMILES string of the molecule is CC(C)(Cn1nc2n(c1=O)CCCCC2)C(=O)NN. The van der Waals surface area contributed by atoms with Gasteiger partial charge in [-0.15, -0.1) is 0 Å². The van der Waals surface area contributed by atoms with E-state index < -0.39 is 5.41 Å². The average Bonchev–Trinajstić information content (AvgIpc) is 2.57. The lowest BCUT2D eigenvalue weighted by molar-refractivity contribution is -0.130.